The molecule has 46 heavy (non-hydrogen) atoms. The van der Waals surface area contributed by atoms with Gasteiger partial charge in [-0.1, -0.05) is 97.9 Å². The van der Waals surface area contributed by atoms with E-state index >= 15 is 4.79 Å². The van der Waals surface area contributed by atoms with Crippen molar-refractivity contribution in [3.63, 3.8) is 0 Å². The minimum atomic E-state index is -1.12. The highest BCUT2D eigenvalue weighted by Gasteiger charge is 2.51. The van der Waals surface area contributed by atoms with Crippen LogP contribution in [0.1, 0.15) is 68.6 Å². The number of carbonyl (C=O) groups is 3. The first-order valence-corrected chi connectivity index (χ1v) is 17.3. The molecule has 6 rings (SSSR count). The van der Waals surface area contributed by atoms with E-state index in [1.807, 2.05) is 95.9 Å². The summed E-state index contributed by atoms with van der Waals surface area (Å²) in [6.07, 6.45) is 6.22. The van der Waals surface area contributed by atoms with E-state index in [0.29, 0.717) is 38.4 Å². The van der Waals surface area contributed by atoms with Crippen LogP contribution in [0.2, 0.25) is 0 Å². The Morgan fingerprint density at radius 2 is 1.22 bits per heavy atom. The van der Waals surface area contributed by atoms with E-state index in [4.69, 9.17) is 0 Å². The van der Waals surface area contributed by atoms with Crippen molar-refractivity contribution in [1.29, 1.82) is 0 Å². The van der Waals surface area contributed by atoms with Crippen molar-refractivity contribution < 1.29 is 14.4 Å². The smallest absolute Gasteiger partial charge is 0.246 e. The number of nitrogens with zero attached hydrogens (tertiary/aromatic N) is 3. The molecule has 0 unspecified atom stereocenters. The first-order chi connectivity index (χ1) is 22.5. The van der Waals surface area contributed by atoms with E-state index in [-0.39, 0.29) is 17.7 Å². The molecule has 0 saturated carbocycles. The van der Waals surface area contributed by atoms with E-state index in [1.54, 1.807) is 4.90 Å². The number of rotatable bonds is 10. The van der Waals surface area contributed by atoms with E-state index in [0.717, 1.165) is 68.4 Å². The number of carbonyl (C=O) groups excluding carboxylic acids is 3. The van der Waals surface area contributed by atoms with Gasteiger partial charge in [0.2, 0.25) is 17.7 Å². The number of piperidine rings is 1. The lowest BCUT2D eigenvalue weighted by Gasteiger charge is -2.40. The monoisotopic (exact) mass is 620 g/mol. The van der Waals surface area contributed by atoms with Crippen LogP contribution in [0.15, 0.2) is 91.0 Å². The number of nitrogens with one attached hydrogen (secondary N) is 1. The van der Waals surface area contributed by atoms with Gasteiger partial charge in [0.15, 0.2) is 0 Å². The Morgan fingerprint density at radius 1 is 0.696 bits per heavy atom. The summed E-state index contributed by atoms with van der Waals surface area (Å²) in [4.78, 5) is 49.3. The maximum atomic E-state index is 15.2. The zero-order valence-electron chi connectivity index (χ0n) is 27.2. The van der Waals surface area contributed by atoms with Crippen molar-refractivity contribution in [1.82, 2.24) is 20.0 Å². The van der Waals surface area contributed by atoms with Gasteiger partial charge in [-0.15, -0.1) is 0 Å². The van der Waals surface area contributed by atoms with Crippen molar-refractivity contribution in [2.75, 3.05) is 39.3 Å². The van der Waals surface area contributed by atoms with Crippen molar-refractivity contribution in [2.45, 2.75) is 69.4 Å². The highest BCUT2D eigenvalue weighted by atomic mass is 16.2. The molecule has 3 aliphatic rings. The van der Waals surface area contributed by atoms with Crippen molar-refractivity contribution in [3.8, 4) is 0 Å². The number of hydrogen-bond donors (Lipinski definition) is 1. The fourth-order valence-corrected chi connectivity index (χ4v) is 8.11. The van der Waals surface area contributed by atoms with E-state index in [1.165, 1.54) is 0 Å². The van der Waals surface area contributed by atoms with Crippen molar-refractivity contribution in [2.24, 2.45) is 5.92 Å². The van der Waals surface area contributed by atoms with Gasteiger partial charge in [-0.3, -0.25) is 14.4 Å². The van der Waals surface area contributed by atoms with Gasteiger partial charge in [-0.2, -0.15) is 0 Å². The summed E-state index contributed by atoms with van der Waals surface area (Å²) in [6, 6.07) is 28.7. The lowest BCUT2D eigenvalue weighted by Crippen LogP contribution is -2.56. The van der Waals surface area contributed by atoms with Crippen LogP contribution >= 0.6 is 0 Å². The van der Waals surface area contributed by atoms with Gasteiger partial charge in [0.05, 0.1) is 0 Å². The molecule has 242 valence electrons. The lowest BCUT2D eigenvalue weighted by atomic mass is 9.68. The van der Waals surface area contributed by atoms with Gasteiger partial charge in [0, 0.05) is 26.2 Å². The molecule has 1 N–H and O–H groups in total. The van der Waals surface area contributed by atoms with Crippen molar-refractivity contribution >= 4 is 17.7 Å². The minimum absolute atomic E-state index is 0.0541. The second-order valence-corrected chi connectivity index (χ2v) is 13.2. The van der Waals surface area contributed by atoms with E-state index < -0.39 is 17.5 Å². The minimum Gasteiger partial charge on any atom is -0.354 e. The Hall–Kier alpha value is -3.97. The van der Waals surface area contributed by atoms with Crippen LogP contribution in [0.25, 0.3) is 0 Å². The van der Waals surface area contributed by atoms with Gasteiger partial charge in [-0.25, -0.2) is 0 Å². The molecular weight excluding hydrogens is 572 g/mol. The molecular formula is C39H48N4O3. The van der Waals surface area contributed by atoms with Crippen LogP contribution < -0.4 is 5.32 Å². The SMILES string of the molecule is CCCN1CCC[C@H](CNC(=O)[C@H]2CCCN2C(=O)[C@@H]2CCCN2C(=O)C(c2ccccc2)(c2ccccc2)c2ccccc2)C1. The van der Waals surface area contributed by atoms with Crippen LogP contribution in [0, 0.1) is 5.92 Å². The molecule has 3 aromatic rings. The third kappa shape index (κ3) is 6.35. The van der Waals surface area contributed by atoms with Gasteiger partial charge < -0.3 is 20.0 Å². The van der Waals surface area contributed by atoms with Gasteiger partial charge in [0.1, 0.15) is 17.5 Å². The zero-order chi connectivity index (χ0) is 31.9. The summed E-state index contributed by atoms with van der Waals surface area (Å²) >= 11 is 0. The normalized spacial score (nSPS) is 22.2. The van der Waals surface area contributed by atoms with Crippen LogP contribution in [0.3, 0.4) is 0 Å². The average molecular weight is 621 g/mol. The topological polar surface area (TPSA) is 73.0 Å². The average Bonchev–Trinajstić information content (AvgIpc) is 3.80. The molecule has 0 radical (unpaired) electrons. The molecule has 3 saturated heterocycles. The maximum absolute atomic E-state index is 15.2. The van der Waals surface area contributed by atoms with Crippen LogP contribution in [0.5, 0.6) is 0 Å². The second kappa shape index (κ2) is 14.6. The molecule has 0 bridgehead atoms. The Morgan fingerprint density at radius 3 is 1.78 bits per heavy atom. The molecule has 3 atom stereocenters. The molecule has 3 aromatic carbocycles. The van der Waals surface area contributed by atoms with Crippen LogP contribution in [-0.4, -0.2) is 83.8 Å². The molecule has 7 nitrogen and oxygen atoms in total. The van der Waals surface area contributed by atoms with E-state index in [2.05, 4.69) is 17.1 Å². The first kappa shape index (κ1) is 32.0. The standard InChI is InChI=1S/C39H48N4O3/c1-2-24-41-25-12-15-30(29-41)28-40-36(44)34-22-13-26-42(34)37(45)35-23-14-27-43(35)38(46)39(31-16-6-3-7-17-31,32-18-8-4-9-19-32)33-20-10-5-11-21-33/h3-11,16-21,30,34-35H,2,12-15,22-29H2,1H3,(H,40,44)/t30-,34-,35+/m1/s1. The highest BCUT2D eigenvalue weighted by molar-refractivity contribution is 6.00. The molecule has 3 aliphatic heterocycles. The second-order valence-electron chi connectivity index (χ2n) is 13.2. The van der Waals surface area contributed by atoms with Crippen LogP contribution in [0.4, 0.5) is 0 Å². The zero-order valence-corrected chi connectivity index (χ0v) is 27.2. The summed E-state index contributed by atoms with van der Waals surface area (Å²) < 4.78 is 0. The molecule has 7 heteroatoms. The predicted molar refractivity (Wildman–Crippen MR) is 181 cm³/mol. The number of likely N-dealkylation sites (tertiary alicyclic amines) is 3. The van der Waals surface area contributed by atoms with Crippen LogP contribution in [-0.2, 0) is 19.8 Å². The summed E-state index contributed by atoms with van der Waals surface area (Å²) in [7, 11) is 0. The molecule has 0 spiro atoms. The number of amides is 3. The first-order valence-electron chi connectivity index (χ1n) is 17.3. The quantitative estimate of drug-likeness (QED) is 0.315. The molecule has 0 aliphatic carbocycles. The lowest BCUT2D eigenvalue weighted by molar-refractivity contribution is -0.147. The van der Waals surface area contributed by atoms with Gasteiger partial charge in [-0.05, 0) is 80.6 Å². The number of hydrogen-bond acceptors (Lipinski definition) is 4. The number of benzene rings is 3. The third-order valence-electron chi connectivity index (χ3n) is 10.3. The summed E-state index contributed by atoms with van der Waals surface area (Å²) in [6.45, 7) is 7.17. The fraction of sp³-hybridized carbons (Fsp3) is 0.462. The largest absolute Gasteiger partial charge is 0.354 e. The molecule has 3 amide bonds. The Labute approximate surface area is 274 Å². The Balaban J connectivity index is 1.25. The van der Waals surface area contributed by atoms with Gasteiger partial charge in [0.25, 0.3) is 0 Å². The summed E-state index contributed by atoms with van der Waals surface area (Å²) in [5.74, 6) is 0.195. The predicted octanol–water partition coefficient (Wildman–Crippen LogP) is 5.24. The van der Waals surface area contributed by atoms with Crippen molar-refractivity contribution in [3.05, 3.63) is 108 Å². The summed E-state index contributed by atoms with van der Waals surface area (Å²) in [5, 5.41) is 3.22. The van der Waals surface area contributed by atoms with Gasteiger partial charge >= 0.3 is 0 Å². The Bertz CT molecular complexity index is 1370. The fourth-order valence-electron chi connectivity index (χ4n) is 8.11. The van der Waals surface area contributed by atoms with E-state index in [9.17, 15) is 9.59 Å². The third-order valence-corrected chi connectivity index (χ3v) is 10.3. The highest BCUT2D eigenvalue weighted by Crippen LogP contribution is 2.42. The maximum Gasteiger partial charge on any atom is 0.246 e. The molecule has 0 aromatic heterocycles. The Kier molecular flexibility index (Phi) is 10.2. The molecule has 3 fully saturated rings. The molecule has 3 heterocycles. The summed E-state index contributed by atoms with van der Waals surface area (Å²) in [5.41, 5.74) is 1.48.